The van der Waals surface area contributed by atoms with Gasteiger partial charge < -0.3 is 0 Å². The van der Waals surface area contributed by atoms with Gasteiger partial charge in [0.05, 0.1) is 16.5 Å². The molecular formula is C21H14ClN3O3S. The van der Waals surface area contributed by atoms with Crippen molar-refractivity contribution in [1.82, 2.24) is 9.78 Å². The third-order valence-corrected chi connectivity index (χ3v) is 6.84. The van der Waals surface area contributed by atoms with Gasteiger partial charge in [0, 0.05) is 22.8 Å². The Hall–Kier alpha value is -3.21. The number of halogens is 1. The summed E-state index contributed by atoms with van der Waals surface area (Å²) in [5.74, 6) is -0.867. The Balaban J connectivity index is 1.88. The van der Waals surface area contributed by atoms with Crippen LogP contribution in [0.15, 0.2) is 65.6 Å². The van der Waals surface area contributed by atoms with Crippen LogP contribution in [0.5, 0.6) is 0 Å². The summed E-state index contributed by atoms with van der Waals surface area (Å²) in [7, 11) is -2.59. The molecule has 6 nitrogen and oxygen atoms in total. The Morgan fingerprint density at radius 1 is 1.10 bits per heavy atom. The summed E-state index contributed by atoms with van der Waals surface area (Å²) in [5.41, 5.74) is 0.647. The van der Waals surface area contributed by atoms with E-state index in [1.165, 1.54) is 28.9 Å². The van der Waals surface area contributed by atoms with Gasteiger partial charge in [0.2, 0.25) is 20.9 Å². The molecule has 3 aromatic carbocycles. The van der Waals surface area contributed by atoms with Gasteiger partial charge in [-0.3, -0.25) is 9.48 Å². The smallest absolute Gasteiger partial charge is 0.216 e. The molecule has 0 saturated carbocycles. The zero-order valence-electron chi connectivity index (χ0n) is 15.2. The molecule has 4 rings (SSSR count). The molecule has 1 heterocycles. The lowest BCUT2D eigenvalue weighted by atomic mass is 10.0. The van der Waals surface area contributed by atoms with Crippen LogP contribution in [-0.4, -0.2) is 29.2 Å². The van der Waals surface area contributed by atoms with Crippen LogP contribution in [0.3, 0.4) is 0 Å². The van der Waals surface area contributed by atoms with Crippen LogP contribution in [0, 0.1) is 11.3 Å². The first-order chi connectivity index (χ1) is 13.8. The minimum absolute atomic E-state index is 0.0505. The Bertz CT molecular complexity index is 1430. The van der Waals surface area contributed by atoms with Gasteiger partial charge in [0.25, 0.3) is 0 Å². The highest BCUT2D eigenvalue weighted by molar-refractivity contribution is 7.93. The Kier molecular flexibility index (Phi) is 4.61. The highest BCUT2D eigenvalue weighted by Crippen LogP contribution is 2.29. The summed E-state index contributed by atoms with van der Waals surface area (Å²) in [5, 5.41) is 14.4. The maximum atomic E-state index is 13.1. The molecule has 0 aliphatic heterocycles. The standard InChI is InChI=1S/C21H14ClN3O3S/c1-25-20-16-8-3-2-5-13(16)9-10-17(20)19(24-25)21(26)18(12-23)29(27,28)15-7-4-6-14(22)11-15/h2-11,18H,1H3. The molecular weight excluding hydrogens is 410 g/mol. The van der Waals surface area contributed by atoms with Crippen molar-refractivity contribution in [2.45, 2.75) is 10.1 Å². The topological polar surface area (TPSA) is 92.8 Å². The van der Waals surface area contributed by atoms with Crippen molar-refractivity contribution >= 4 is 48.9 Å². The number of nitrogens with zero attached hydrogens (tertiary/aromatic N) is 3. The van der Waals surface area contributed by atoms with Crippen molar-refractivity contribution in [3.8, 4) is 6.07 Å². The van der Waals surface area contributed by atoms with E-state index in [-0.39, 0.29) is 15.6 Å². The molecule has 0 bridgehead atoms. The maximum absolute atomic E-state index is 13.1. The second-order valence-electron chi connectivity index (χ2n) is 6.53. The van der Waals surface area contributed by atoms with E-state index in [4.69, 9.17) is 11.6 Å². The predicted molar refractivity (Wildman–Crippen MR) is 111 cm³/mol. The summed E-state index contributed by atoms with van der Waals surface area (Å²) in [6.07, 6.45) is 0. The molecule has 0 fully saturated rings. The molecule has 0 amide bonds. The number of benzene rings is 3. The van der Waals surface area contributed by atoms with Gasteiger partial charge in [-0.1, -0.05) is 48.0 Å². The molecule has 8 heteroatoms. The minimum Gasteiger partial charge on any atom is -0.290 e. The van der Waals surface area contributed by atoms with E-state index in [1.54, 1.807) is 19.2 Å². The number of carbonyl (C=O) groups excluding carboxylic acids is 1. The molecule has 144 valence electrons. The van der Waals surface area contributed by atoms with Crippen LogP contribution >= 0.6 is 11.6 Å². The summed E-state index contributed by atoms with van der Waals surface area (Å²) < 4.78 is 27.4. The van der Waals surface area contributed by atoms with E-state index >= 15 is 0 Å². The van der Waals surface area contributed by atoms with Gasteiger partial charge in [-0.15, -0.1) is 0 Å². The van der Waals surface area contributed by atoms with E-state index in [2.05, 4.69) is 5.10 Å². The zero-order chi connectivity index (χ0) is 20.8. The molecule has 1 unspecified atom stereocenters. The van der Waals surface area contributed by atoms with E-state index in [9.17, 15) is 18.5 Å². The SMILES string of the molecule is Cn1nc(C(=O)C(C#N)S(=O)(=O)c2cccc(Cl)c2)c2ccc3ccccc3c21. The molecule has 0 saturated heterocycles. The monoisotopic (exact) mass is 423 g/mol. The number of aromatic nitrogens is 2. The average molecular weight is 424 g/mol. The van der Waals surface area contributed by atoms with Crippen LogP contribution in [0.1, 0.15) is 10.5 Å². The van der Waals surface area contributed by atoms with Crippen LogP contribution in [0.4, 0.5) is 0 Å². The third-order valence-electron chi connectivity index (χ3n) is 4.75. The average Bonchev–Trinajstić information content (AvgIpc) is 3.05. The van der Waals surface area contributed by atoms with Crippen LogP contribution in [0.2, 0.25) is 5.02 Å². The number of nitriles is 1. The number of carbonyl (C=O) groups is 1. The van der Waals surface area contributed by atoms with Gasteiger partial charge >= 0.3 is 0 Å². The van der Waals surface area contributed by atoms with Crippen molar-refractivity contribution < 1.29 is 13.2 Å². The Labute approximate surface area is 171 Å². The fourth-order valence-electron chi connectivity index (χ4n) is 3.40. The number of hydrogen-bond donors (Lipinski definition) is 0. The van der Waals surface area contributed by atoms with Gasteiger partial charge in [-0.25, -0.2) is 8.42 Å². The predicted octanol–water partition coefficient (Wildman–Crippen LogP) is 3.93. The molecule has 0 aliphatic rings. The van der Waals surface area contributed by atoms with Crippen LogP contribution < -0.4 is 0 Å². The zero-order valence-corrected chi connectivity index (χ0v) is 16.8. The number of sulfone groups is 1. The van der Waals surface area contributed by atoms with Crippen LogP contribution in [0.25, 0.3) is 21.7 Å². The van der Waals surface area contributed by atoms with E-state index in [0.717, 1.165) is 10.8 Å². The van der Waals surface area contributed by atoms with Gasteiger partial charge in [0.15, 0.2) is 0 Å². The normalized spacial score (nSPS) is 12.7. The summed E-state index contributed by atoms with van der Waals surface area (Å²) in [6, 6.07) is 18.3. The molecule has 0 spiro atoms. The first-order valence-electron chi connectivity index (χ1n) is 8.62. The molecule has 0 radical (unpaired) electrons. The van der Waals surface area contributed by atoms with Crippen molar-refractivity contribution in [1.29, 1.82) is 5.26 Å². The second kappa shape index (κ2) is 6.99. The fourth-order valence-corrected chi connectivity index (χ4v) is 5.02. The quantitative estimate of drug-likeness (QED) is 0.463. The van der Waals surface area contributed by atoms with E-state index in [0.29, 0.717) is 10.9 Å². The molecule has 1 aromatic heterocycles. The third kappa shape index (κ3) is 3.07. The number of Topliss-reactive ketones (excluding diaryl/α,β-unsaturated/α-hetero) is 1. The van der Waals surface area contributed by atoms with Crippen molar-refractivity contribution in [2.75, 3.05) is 0 Å². The van der Waals surface area contributed by atoms with E-state index < -0.39 is 20.9 Å². The van der Waals surface area contributed by atoms with Gasteiger partial charge in [0.1, 0.15) is 5.69 Å². The number of rotatable bonds is 4. The number of hydrogen-bond acceptors (Lipinski definition) is 5. The Morgan fingerprint density at radius 3 is 2.59 bits per heavy atom. The highest BCUT2D eigenvalue weighted by Gasteiger charge is 2.37. The number of fused-ring (bicyclic) bond motifs is 3. The largest absolute Gasteiger partial charge is 0.290 e. The molecule has 0 N–H and O–H groups in total. The van der Waals surface area contributed by atoms with Crippen LogP contribution in [-0.2, 0) is 16.9 Å². The van der Waals surface area contributed by atoms with Gasteiger partial charge in [-0.2, -0.15) is 10.4 Å². The summed E-state index contributed by atoms with van der Waals surface area (Å²) in [4.78, 5) is 12.9. The van der Waals surface area contributed by atoms with Crippen molar-refractivity contribution in [3.05, 3.63) is 71.4 Å². The summed E-state index contributed by atoms with van der Waals surface area (Å²) in [6.45, 7) is 0. The minimum atomic E-state index is -4.27. The fraction of sp³-hybridized carbons (Fsp3) is 0.0952. The molecule has 1 atom stereocenters. The lowest BCUT2D eigenvalue weighted by Crippen LogP contribution is -2.29. The molecule has 29 heavy (non-hydrogen) atoms. The van der Waals surface area contributed by atoms with E-state index in [1.807, 2.05) is 30.3 Å². The lowest BCUT2D eigenvalue weighted by molar-refractivity contribution is 0.0996. The first-order valence-corrected chi connectivity index (χ1v) is 10.5. The molecule has 0 aliphatic carbocycles. The lowest BCUT2D eigenvalue weighted by Gasteiger charge is -2.09. The second-order valence-corrected chi connectivity index (χ2v) is 9.00. The molecule has 4 aromatic rings. The van der Waals surface area contributed by atoms with Crippen molar-refractivity contribution in [3.63, 3.8) is 0 Å². The maximum Gasteiger partial charge on any atom is 0.216 e. The highest BCUT2D eigenvalue weighted by atomic mass is 35.5. The first kappa shape index (κ1) is 19.1. The van der Waals surface area contributed by atoms with Crippen molar-refractivity contribution in [2.24, 2.45) is 7.05 Å². The Morgan fingerprint density at radius 2 is 1.86 bits per heavy atom. The number of aryl methyl sites for hydroxylation is 1. The number of ketones is 1. The summed E-state index contributed by atoms with van der Waals surface area (Å²) >= 11 is 5.88. The van der Waals surface area contributed by atoms with Gasteiger partial charge in [-0.05, 0) is 29.7 Å².